The average Bonchev–Trinajstić information content (AvgIpc) is 2.83. The maximum atomic E-state index is 14.4. The van der Waals surface area contributed by atoms with Crippen LogP contribution in [0.5, 0.6) is 0 Å². The van der Waals surface area contributed by atoms with E-state index in [1.54, 1.807) is 0 Å². The van der Waals surface area contributed by atoms with Gasteiger partial charge < -0.3 is 20.3 Å². The van der Waals surface area contributed by atoms with E-state index >= 15 is 0 Å². The monoisotopic (exact) mass is 579 g/mol. The van der Waals surface area contributed by atoms with Crippen LogP contribution in [0, 0.1) is 50.2 Å². The summed E-state index contributed by atoms with van der Waals surface area (Å²) in [6.45, 7) is 15.3. The third-order valence-corrected chi connectivity index (χ3v) is 13.6. The Morgan fingerprint density at radius 1 is 0.925 bits per heavy atom. The Hall–Kier alpha value is -0.544. The Balaban J connectivity index is 0.00000370. The number of amides is 1. The van der Waals surface area contributed by atoms with E-state index in [0.29, 0.717) is 19.3 Å². The molecule has 7 nitrogen and oxygen atoms in total. The Kier molecular flexibility index (Phi) is 8.09. The summed E-state index contributed by atoms with van der Waals surface area (Å²) in [6, 6.07) is -0.294. The van der Waals surface area contributed by atoms with Crippen LogP contribution in [0.3, 0.4) is 0 Å². The van der Waals surface area contributed by atoms with Crippen LogP contribution in [0.15, 0.2) is 11.6 Å². The maximum absolute atomic E-state index is 14.4. The van der Waals surface area contributed by atoms with Crippen molar-refractivity contribution in [1.82, 2.24) is 5.32 Å². The van der Waals surface area contributed by atoms with E-state index in [1.165, 1.54) is 5.57 Å². The molecule has 2 unspecified atom stereocenters. The van der Waals surface area contributed by atoms with Crippen molar-refractivity contribution >= 4 is 23.6 Å². The number of rotatable bonds is 2. The molecule has 1 amide bonds. The smallest absolute Gasteiger partial charge is 0.540 e. The first-order chi connectivity index (χ1) is 17.9. The molecule has 0 radical (unpaired) electrons. The van der Waals surface area contributed by atoms with Crippen molar-refractivity contribution in [2.45, 2.75) is 112 Å². The van der Waals surface area contributed by atoms with E-state index in [2.05, 4.69) is 46.9 Å². The predicted molar refractivity (Wildman–Crippen MR) is 144 cm³/mol. The van der Waals surface area contributed by atoms with Gasteiger partial charge in [-0.05, 0) is 110 Å². The fourth-order valence-corrected chi connectivity index (χ4v) is 10.9. The summed E-state index contributed by atoms with van der Waals surface area (Å²) in [5.41, 5.74) is -0.677. The molecule has 40 heavy (non-hydrogen) atoms. The molecule has 5 aliphatic carbocycles. The fraction of sp³-hybridized carbons (Fsp3) is 0.812. The van der Waals surface area contributed by atoms with Crippen molar-refractivity contribution in [3.8, 4) is 0 Å². The number of carbonyl (C=O) groups is 4. The first kappa shape index (κ1) is 32.4. The minimum Gasteiger partial charge on any atom is -0.540 e. The molecule has 0 bridgehead atoms. The molecule has 2 N–H and O–H groups in total. The summed E-state index contributed by atoms with van der Waals surface area (Å²) in [6.07, 6.45) is 9.26. The molecule has 0 aliphatic heterocycles. The molecule has 5 aliphatic rings. The first-order valence-electron chi connectivity index (χ1n) is 14.9. The van der Waals surface area contributed by atoms with E-state index in [9.17, 15) is 29.4 Å². The molecule has 0 aromatic rings. The van der Waals surface area contributed by atoms with Crippen molar-refractivity contribution in [2.24, 2.45) is 50.2 Å². The van der Waals surface area contributed by atoms with E-state index in [4.69, 9.17) is 0 Å². The van der Waals surface area contributed by atoms with Crippen LogP contribution in [0.1, 0.15) is 106 Å². The molecule has 0 spiro atoms. The molecule has 0 heterocycles. The summed E-state index contributed by atoms with van der Waals surface area (Å²) in [5, 5.41) is 24.0. The van der Waals surface area contributed by atoms with Crippen LogP contribution in [0.25, 0.3) is 0 Å². The minimum absolute atomic E-state index is 0. The Morgan fingerprint density at radius 3 is 2.15 bits per heavy atom. The van der Waals surface area contributed by atoms with Gasteiger partial charge in [0, 0.05) is 12.0 Å². The second-order valence-corrected chi connectivity index (χ2v) is 15.7. The zero-order chi connectivity index (χ0) is 29.0. The van der Waals surface area contributed by atoms with E-state index in [0.717, 1.165) is 38.5 Å². The number of allylic oxidation sites excluding steroid dienone is 2. The number of fused-ring (bicyclic) bond motifs is 7. The summed E-state index contributed by atoms with van der Waals surface area (Å²) in [4.78, 5) is 49.9. The largest absolute Gasteiger partial charge is 1.00 e. The van der Waals surface area contributed by atoms with Crippen LogP contribution in [-0.4, -0.2) is 34.8 Å². The molecular formula is C32H46KNO6. The first-order valence-corrected chi connectivity index (χ1v) is 14.9. The van der Waals surface area contributed by atoms with E-state index in [1.807, 2.05) is 13.0 Å². The van der Waals surface area contributed by atoms with Gasteiger partial charge in [0.25, 0.3) is 5.91 Å². The van der Waals surface area contributed by atoms with E-state index in [-0.39, 0.29) is 108 Å². The van der Waals surface area contributed by atoms with E-state index < -0.39 is 23.3 Å². The van der Waals surface area contributed by atoms with Crippen LogP contribution in [0.4, 0.5) is 0 Å². The van der Waals surface area contributed by atoms with Crippen molar-refractivity contribution in [2.75, 3.05) is 0 Å². The summed E-state index contributed by atoms with van der Waals surface area (Å²) < 4.78 is 0. The number of nitrogens with one attached hydrogen (secondary N) is 1. The molecule has 216 valence electrons. The molecule has 0 aromatic carbocycles. The van der Waals surface area contributed by atoms with Crippen molar-refractivity contribution in [3.63, 3.8) is 0 Å². The average molecular weight is 580 g/mol. The van der Waals surface area contributed by atoms with Gasteiger partial charge in [0.15, 0.2) is 5.78 Å². The van der Waals surface area contributed by atoms with Gasteiger partial charge in [0.2, 0.25) is 0 Å². The number of carboxylic acid groups (broad SMARTS) is 2. The van der Waals surface area contributed by atoms with Gasteiger partial charge in [-0.3, -0.25) is 14.4 Å². The van der Waals surface area contributed by atoms with Gasteiger partial charge >= 0.3 is 57.4 Å². The van der Waals surface area contributed by atoms with Gasteiger partial charge in [-0.2, -0.15) is 0 Å². The summed E-state index contributed by atoms with van der Waals surface area (Å²) in [7, 11) is 0. The fourth-order valence-electron chi connectivity index (χ4n) is 10.9. The zero-order valence-electron chi connectivity index (χ0n) is 25.7. The standard InChI is InChI=1S/C32H47NO6.K/c1-27(2)21-8-11-32(7)23(30(21,5)10-9-22(27)33-24(35)25(36)37)20(34)16-18-19-17-29(4,26(38)39)13-12-28(19,3)14-15-31(18,32)6;/h16,19,21-23H,8-15,17H2,1-7H3,(H,33,35)(H,36,37)(H,38,39);/q;+1/p-1/t19-,21?,22-,23?,28+,29-,30-,31+,32+;/m0./s1. The van der Waals surface area contributed by atoms with Gasteiger partial charge in [-0.1, -0.05) is 47.1 Å². The summed E-state index contributed by atoms with van der Waals surface area (Å²) in [5.74, 6) is -3.28. The minimum atomic E-state index is -1.71. The predicted octanol–water partition coefficient (Wildman–Crippen LogP) is 1.29. The van der Waals surface area contributed by atoms with Crippen molar-refractivity contribution in [3.05, 3.63) is 11.6 Å². The van der Waals surface area contributed by atoms with Crippen molar-refractivity contribution < 1.29 is 80.8 Å². The number of ketones is 1. The molecule has 4 fully saturated rings. The van der Waals surface area contributed by atoms with Crippen LogP contribution < -0.4 is 61.8 Å². The van der Waals surface area contributed by atoms with Gasteiger partial charge in [0.05, 0.1) is 5.41 Å². The molecular weight excluding hydrogens is 533 g/mol. The molecule has 0 aromatic heterocycles. The molecule has 8 heteroatoms. The second kappa shape index (κ2) is 10.00. The topological polar surface area (TPSA) is 124 Å². The van der Waals surface area contributed by atoms with Crippen LogP contribution in [0.2, 0.25) is 0 Å². The number of hydrogen-bond acceptors (Lipinski definition) is 5. The molecule has 4 saturated carbocycles. The van der Waals surface area contributed by atoms with Gasteiger partial charge in [-0.15, -0.1) is 0 Å². The maximum Gasteiger partial charge on any atom is 1.00 e. The Morgan fingerprint density at radius 2 is 1.55 bits per heavy atom. The number of carboxylic acids is 2. The number of carbonyl (C=O) groups excluding carboxylic acids is 3. The van der Waals surface area contributed by atoms with Gasteiger partial charge in [-0.25, -0.2) is 0 Å². The third-order valence-electron chi connectivity index (χ3n) is 13.6. The third kappa shape index (κ3) is 4.31. The Labute approximate surface area is 281 Å². The molecule has 0 saturated heterocycles. The second-order valence-electron chi connectivity index (χ2n) is 15.7. The molecule has 9 atom stereocenters. The number of aliphatic carboxylic acids is 2. The van der Waals surface area contributed by atoms with Crippen LogP contribution in [-0.2, 0) is 19.2 Å². The Bertz CT molecular complexity index is 1180. The normalized spacial score (nSPS) is 47.2. The van der Waals surface area contributed by atoms with Crippen LogP contribution >= 0.6 is 0 Å². The number of hydrogen-bond donors (Lipinski definition) is 2. The SMILES string of the molecule is CC1(C)C2CC[C@]3(C)C(C(=O)C=C4[C@@H]5C[C@@](C)(C(=O)O)CC[C@]5(C)CC[C@]43C)[C@@]2(C)CC[C@@H]1NC(=O)C(=O)[O-].[K+]. The quantitative estimate of drug-likeness (QED) is 0.376. The van der Waals surface area contributed by atoms with Crippen molar-refractivity contribution in [1.29, 1.82) is 0 Å². The van der Waals surface area contributed by atoms with Gasteiger partial charge in [0.1, 0.15) is 5.97 Å². The summed E-state index contributed by atoms with van der Waals surface area (Å²) >= 11 is 0. The zero-order valence-corrected chi connectivity index (χ0v) is 28.9. The molecule has 5 rings (SSSR count).